The van der Waals surface area contributed by atoms with Crippen LogP contribution in [0, 0.1) is 0 Å². The van der Waals surface area contributed by atoms with Crippen LogP contribution in [-0.2, 0) is 0 Å². The maximum Gasteiger partial charge on any atom is 0.135 e. The molecule has 11 aromatic rings. The highest BCUT2D eigenvalue weighted by Crippen LogP contribution is 2.48. The fourth-order valence-corrected chi connectivity index (χ4v) is 9.54. The van der Waals surface area contributed by atoms with E-state index in [2.05, 4.69) is 170 Å². The lowest BCUT2D eigenvalue weighted by Crippen LogP contribution is -1.91. The smallest absolute Gasteiger partial charge is 0.135 e. The summed E-state index contributed by atoms with van der Waals surface area (Å²) < 4.78 is 8.79. The first-order valence-corrected chi connectivity index (χ1v) is 18.6. The van der Waals surface area contributed by atoms with Crippen molar-refractivity contribution in [2.24, 2.45) is 0 Å². The molecule has 0 radical (unpaired) electrons. The van der Waals surface area contributed by atoms with E-state index in [0.717, 1.165) is 21.9 Å². The second-order valence-electron chi connectivity index (χ2n) is 13.6. The summed E-state index contributed by atoms with van der Waals surface area (Å²) in [4.78, 5) is 0. The molecule has 0 spiro atoms. The first-order valence-electron chi connectivity index (χ1n) is 17.8. The summed E-state index contributed by atoms with van der Waals surface area (Å²) >= 11 is 1.88. The van der Waals surface area contributed by atoms with Gasteiger partial charge in [0.05, 0.1) is 0 Å². The molecule has 0 amide bonds. The first kappa shape index (κ1) is 29.3. The van der Waals surface area contributed by atoms with E-state index in [1.165, 1.54) is 86.2 Å². The molecule has 0 aliphatic carbocycles. The number of hydrogen-bond donors (Lipinski definition) is 0. The van der Waals surface area contributed by atoms with E-state index in [1.54, 1.807) is 0 Å². The Hall–Kier alpha value is -6.48. The molecule has 2 aromatic heterocycles. The molecule has 52 heavy (non-hydrogen) atoms. The Bertz CT molecular complexity index is 3120. The van der Waals surface area contributed by atoms with Crippen LogP contribution in [0.15, 0.2) is 186 Å². The molecule has 0 unspecified atom stereocenters. The van der Waals surface area contributed by atoms with E-state index in [-0.39, 0.29) is 0 Å². The number of para-hydroxylation sites is 1. The van der Waals surface area contributed by atoms with Crippen LogP contribution in [0.5, 0.6) is 0 Å². The van der Waals surface area contributed by atoms with Gasteiger partial charge in [0.15, 0.2) is 0 Å². The summed E-state index contributed by atoms with van der Waals surface area (Å²) in [6.45, 7) is 0. The Morgan fingerprint density at radius 3 is 1.54 bits per heavy atom. The minimum atomic E-state index is 0.914. The number of hydrogen-bond acceptors (Lipinski definition) is 2. The van der Waals surface area contributed by atoms with Gasteiger partial charge >= 0.3 is 0 Å². The quantitative estimate of drug-likeness (QED) is 0.169. The first-order chi connectivity index (χ1) is 25.8. The molecule has 0 bridgehead atoms. The van der Waals surface area contributed by atoms with Crippen LogP contribution in [0.4, 0.5) is 0 Å². The number of thiophene rings is 1. The Labute approximate surface area is 304 Å². The van der Waals surface area contributed by atoms with Crippen molar-refractivity contribution in [1.82, 2.24) is 0 Å². The summed E-state index contributed by atoms with van der Waals surface area (Å²) in [5.41, 5.74) is 11.7. The van der Waals surface area contributed by atoms with Crippen LogP contribution >= 0.6 is 11.3 Å². The van der Waals surface area contributed by atoms with Gasteiger partial charge in [0.1, 0.15) is 11.2 Å². The van der Waals surface area contributed by atoms with Gasteiger partial charge in [-0.05, 0) is 96.4 Å². The standard InChI is InChI=1S/C50H30OS/c1-2-13-35(33-28-29-45-43(30-33)36-14-7-9-21-44(36)51-45)34(12-1)31-24-26-32(27-25-31)48-37-15-3-5-17-39(37)49(40-18-6-4-16-38(40)48)42-20-11-23-47-50(42)41-19-8-10-22-46(41)52-47/h1-30H. The van der Waals surface area contributed by atoms with Crippen molar-refractivity contribution < 1.29 is 4.42 Å². The molecule has 2 heterocycles. The third-order valence-electron chi connectivity index (χ3n) is 10.7. The van der Waals surface area contributed by atoms with Crippen LogP contribution in [0.25, 0.3) is 108 Å². The molecule has 9 aromatic carbocycles. The summed E-state index contributed by atoms with van der Waals surface area (Å²) in [6.07, 6.45) is 0. The molecule has 0 saturated heterocycles. The molecule has 0 aliphatic heterocycles. The van der Waals surface area contributed by atoms with Crippen LogP contribution in [0.2, 0.25) is 0 Å². The van der Waals surface area contributed by atoms with Crippen molar-refractivity contribution in [1.29, 1.82) is 0 Å². The largest absolute Gasteiger partial charge is 0.456 e. The Morgan fingerprint density at radius 2 is 0.808 bits per heavy atom. The highest BCUT2D eigenvalue weighted by Gasteiger charge is 2.20. The van der Waals surface area contributed by atoms with Crippen molar-refractivity contribution in [3.05, 3.63) is 182 Å². The minimum Gasteiger partial charge on any atom is -0.456 e. The third-order valence-corrected chi connectivity index (χ3v) is 11.8. The zero-order valence-electron chi connectivity index (χ0n) is 28.1. The van der Waals surface area contributed by atoms with E-state index in [1.807, 2.05) is 23.5 Å². The fraction of sp³-hybridized carbons (Fsp3) is 0. The average molecular weight is 679 g/mol. The van der Waals surface area contributed by atoms with Crippen molar-refractivity contribution >= 4 is 75.0 Å². The van der Waals surface area contributed by atoms with Crippen LogP contribution in [0.1, 0.15) is 0 Å². The van der Waals surface area contributed by atoms with Gasteiger partial charge in [0, 0.05) is 30.9 Å². The van der Waals surface area contributed by atoms with E-state index < -0.39 is 0 Å². The average Bonchev–Trinajstić information content (AvgIpc) is 3.78. The summed E-state index contributed by atoms with van der Waals surface area (Å²) in [5, 5.41) is 10.0. The summed E-state index contributed by atoms with van der Waals surface area (Å²) in [5.74, 6) is 0. The molecule has 1 nitrogen and oxygen atoms in total. The molecule has 0 N–H and O–H groups in total. The molecule has 2 heteroatoms. The van der Waals surface area contributed by atoms with E-state index in [4.69, 9.17) is 4.42 Å². The molecule has 0 saturated carbocycles. The van der Waals surface area contributed by atoms with Gasteiger partial charge in [0.2, 0.25) is 0 Å². The fourth-order valence-electron chi connectivity index (χ4n) is 8.41. The monoisotopic (exact) mass is 678 g/mol. The van der Waals surface area contributed by atoms with Gasteiger partial charge in [-0.1, -0.05) is 152 Å². The molecule has 0 fully saturated rings. The molecule has 11 rings (SSSR count). The normalized spacial score (nSPS) is 11.8. The molecular formula is C50H30OS. The summed E-state index contributed by atoms with van der Waals surface area (Å²) in [6, 6.07) is 66.3. The zero-order valence-corrected chi connectivity index (χ0v) is 29.0. The van der Waals surface area contributed by atoms with Gasteiger partial charge in [-0.3, -0.25) is 0 Å². The maximum absolute atomic E-state index is 6.14. The van der Waals surface area contributed by atoms with Crippen molar-refractivity contribution in [3.8, 4) is 44.5 Å². The van der Waals surface area contributed by atoms with Gasteiger partial charge < -0.3 is 4.42 Å². The van der Waals surface area contributed by atoms with Crippen LogP contribution in [-0.4, -0.2) is 0 Å². The van der Waals surface area contributed by atoms with E-state index in [0.29, 0.717) is 0 Å². The highest BCUT2D eigenvalue weighted by atomic mass is 32.1. The van der Waals surface area contributed by atoms with Gasteiger partial charge in [-0.2, -0.15) is 0 Å². The predicted molar refractivity (Wildman–Crippen MR) is 223 cm³/mol. The van der Waals surface area contributed by atoms with Gasteiger partial charge in [0.25, 0.3) is 0 Å². The molecule has 0 atom stereocenters. The Morgan fingerprint density at radius 1 is 0.308 bits per heavy atom. The topological polar surface area (TPSA) is 13.1 Å². The van der Waals surface area contributed by atoms with Gasteiger partial charge in [-0.25, -0.2) is 0 Å². The van der Waals surface area contributed by atoms with Crippen molar-refractivity contribution in [2.45, 2.75) is 0 Å². The Balaban J connectivity index is 1.08. The molecule has 0 aliphatic rings. The lowest BCUT2D eigenvalue weighted by Gasteiger charge is -2.19. The highest BCUT2D eigenvalue weighted by molar-refractivity contribution is 7.25. The minimum absolute atomic E-state index is 0.914. The Kier molecular flexibility index (Phi) is 6.49. The number of fused-ring (bicyclic) bond motifs is 8. The van der Waals surface area contributed by atoms with E-state index in [9.17, 15) is 0 Å². The second kappa shape index (κ2) is 11.5. The van der Waals surface area contributed by atoms with Crippen LogP contribution in [0.3, 0.4) is 0 Å². The predicted octanol–water partition coefficient (Wildman–Crippen LogP) is 14.9. The molecule has 242 valence electrons. The number of benzene rings is 9. The van der Waals surface area contributed by atoms with Crippen molar-refractivity contribution in [2.75, 3.05) is 0 Å². The van der Waals surface area contributed by atoms with E-state index >= 15 is 0 Å². The summed E-state index contributed by atoms with van der Waals surface area (Å²) in [7, 11) is 0. The third kappa shape index (κ3) is 4.41. The second-order valence-corrected chi connectivity index (χ2v) is 14.6. The number of rotatable bonds is 4. The SMILES string of the molecule is c1ccc(-c2ccc3oc4ccccc4c3c2)c(-c2ccc(-c3c4ccccc4c(-c4cccc5sc6ccccc6c45)c4ccccc34)cc2)c1. The lowest BCUT2D eigenvalue weighted by molar-refractivity contribution is 0.669. The maximum atomic E-state index is 6.14. The van der Waals surface area contributed by atoms with Crippen molar-refractivity contribution in [3.63, 3.8) is 0 Å². The lowest BCUT2D eigenvalue weighted by atomic mass is 9.84. The molecular weight excluding hydrogens is 649 g/mol. The van der Waals surface area contributed by atoms with Crippen LogP contribution < -0.4 is 0 Å². The number of furan rings is 1. The van der Waals surface area contributed by atoms with Gasteiger partial charge in [-0.15, -0.1) is 11.3 Å². The zero-order chi connectivity index (χ0) is 34.2.